The standard InChI is InChI=1S/C36H27ClN6O5S2/c37-35-26(10-5-16-39-35)36(44)40-17-6-18-48-29-15-13-25-22-7-3-4-11-30(22)49-34(25)32(29)27-14-12-21(20-41-27)42-43-28-19-31(50(45,46)47)23-8-1-2-9-24(23)33(28)38/h1-5,7-16,19-20H,6,17-18,38H2,(H,40,44)(H,45,46,47). The summed E-state index contributed by atoms with van der Waals surface area (Å²) in [6, 6.07) is 26.7. The van der Waals surface area contributed by atoms with Crippen molar-refractivity contribution in [3.05, 3.63) is 114 Å². The fourth-order valence-electron chi connectivity index (χ4n) is 5.59. The zero-order chi connectivity index (χ0) is 34.8. The number of thiophene rings is 1. The molecule has 3 aromatic heterocycles. The van der Waals surface area contributed by atoms with Gasteiger partial charge in [-0.1, -0.05) is 54.1 Å². The number of carbonyl (C=O) groups is 1. The third kappa shape index (κ3) is 6.59. The van der Waals surface area contributed by atoms with Gasteiger partial charge in [0, 0.05) is 43.7 Å². The van der Waals surface area contributed by atoms with Gasteiger partial charge in [0.05, 0.1) is 35.3 Å². The number of hydrogen-bond donors (Lipinski definition) is 3. The van der Waals surface area contributed by atoms with Crippen LogP contribution in [0.3, 0.4) is 0 Å². The maximum absolute atomic E-state index is 12.5. The van der Waals surface area contributed by atoms with Crippen molar-refractivity contribution in [3.63, 3.8) is 0 Å². The number of halogens is 1. The molecule has 250 valence electrons. The van der Waals surface area contributed by atoms with Crippen molar-refractivity contribution in [2.75, 3.05) is 18.9 Å². The summed E-state index contributed by atoms with van der Waals surface area (Å²) < 4.78 is 42.5. The predicted molar refractivity (Wildman–Crippen MR) is 197 cm³/mol. The van der Waals surface area contributed by atoms with Crippen LogP contribution in [0.4, 0.5) is 17.1 Å². The van der Waals surface area contributed by atoms with Crippen LogP contribution in [-0.2, 0) is 10.1 Å². The Kier molecular flexibility index (Phi) is 9.12. The van der Waals surface area contributed by atoms with Gasteiger partial charge in [-0.05, 0) is 55.0 Å². The highest BCUT2D eigenvalue weighted by molar-refractivity contribution is 7.86. The van der Waals surface area contributed by atoms with Crippen molar-refractivity contribution in [2.24, 2.45) is 10.2 Å². The van der Waals surface area contributed by atoms with Crippen LogP contribution in [0.25, 0.3) is 42.2 Å². The Morgan fingerprint density at radius 1 is 0.920 bits per heavy atom. The number of benzene rings is 4. The fourth-order valence-corrected chi connectivity index (χ4v) is 7.76. The first-order valence-corrected chi connectivity index (χ1v) is 17.9. The van der Waals surface area contributed by atoms with Crippen molar-refractivity contribution in [1.29, 1.82) is 0 Å². The number of amides is 1. The largest absolute Gasteiger partial charge is 0.493 e. The van der Waals surface area contributed by atoms with Crippen LogP contribution in [0.15, 0.2) is 119 Å². The predicted octanol–water partition coefficient (Wildman–Crippen LogP) is 8.76. The topological polar surface area (TPSA) is 169 Å². The number of nitrogens with zero attached hydrogens (tertiary/aromatic N) is 4. The van der Waals surface area contributed by atoms with Crippen molar-refractivity contribution >= 4 is 87.0 Å². The van der Waals surface area contributed by atoms with Gasteiger partial charge >= 0.3 is 0 Å². The van der Waals surface area contributed by atoms with Gasteiger partial charge in [-0.25, -0.2) is 4.98 Å². The van der Waals surface area contributed by atoms with E-state index >= 15 is 0 Å². The molecule has 0 saturated carbocycles. The van der Waals surface area contributed by atoms with Gasteiger partial charge in [-0.15, -0.1) is 21.6 Å². The summed E-state index contributed by atoms with van der Waals surface area (Å²) in [6.07, 6.45) is 3.61. The molecule has 7 rings (SSSR count). The molecule has 14 heteroatoms. The molecule has 0 unspecified atom stereocenters. The molecule has 1 amide bonds. The molecule has 11 nitrogen and oxygen atoms in total. The second kappa shape index (κ2) is 13.8. The zero-order valence-corrected chi connectivity index (χ0v) is 28.5. The number of anilines is 1. The summed E-state index contributed by atoms with van der Waals surface area (Å²) in [4.78, 5) is 20.9. The SMILES string of the molecule is Nc1c(N=Nc2ccc(-c3c(OCCCNC(=O)c4cccnc4Cl)ccc4c3sc3ccccc34)nc2)cc(S(=O)(=O)O)c2ccccc12. The normalized spacial score (nSPS) is 11.9. The minimum Gasteiger partial charge on any atom is -0.493 e. The van der Waals surface area contributed by atoms with Gasteiger partial charge in [0.1, 0.15) is 27.2 Å². The van der Waals surface area contributed by atoms with E-state index in [-0.39, 0.29) is 32.7 Å². The number of nitrogen functional groups attached to an aromatic ring is 1. The lowest BCUT2D eigenvalue weighted by Gasteiger charge is -2.13. The summed E-state index contributed by atoms with van der Waals surface area (Å²) in [5.74, 6) is 0.327. The number of pyridine rings is 2. The smallest absolute Gasteiger partial charge is 0.295 e. The molecule has 4 aromatic carbocycles. The van der Waals surface area contributed by atoms with E-state index in [1.807, 2.05) is 30.3 Å². The summed E-state index contributed by atoms with van der Waals surface area (Å²) in [5.41, 5.74) is 8.79. The van der Waals surface area contributed by atoms with Crippen LogP contribution in [0.5, 0.6) is 5.75 Å². The van der Waals surface area contributed by atoms with Crippen LogP contribution >= 0.6 is 22.9 Å². The van der Waals surface area contributed by atoms with E-state index < -0.39 is 10.1 Å². The first-order valence-electron chi connectivity index (χ1n) is 15.3. The number of carbonyl (C=O) groups excluding carboxylic acids is 1. The Balaban J connectivity index is 1.16. The van der Waals surface area contributed by atoms with Gasteiger partial charge in [0.15, 0.2) is 0 Å². The number of azo groups is 1. The van der Waals surface area contributed by atoms with Gasteiger partial charge in [0.25, 0.3) is 16.0 Å². The fraction of sp³-hybridized carbons (Fsp3) is 0.0833. The Hall–Kier alpha value is -5.47. The highest BCUT2D eigenvalue weighted by Crippen LogP contribution is 2.44. The summed E-state index contributed by atoms with van der Waals surface area (Å²) in [5, 5.41) is 14.4. The molecule has 50 heavy (non-hydrogen) atoms. The number of rotatable bonds is 10. The molecule has 0 aliphatic carbocycles. The van der Waals surface area contributed by atoms with Crippen molar-refractivity contribution in [1.82, 2.24) is 15.3 Å². The third-order valence-electron chi connectivity index (χ3n) is 7.96. The average Bonchev–Trinajstić information content (AvgIpc) is 3.50. The first-order chi connectivity index (χ1) is 24.2. The van der Waals surface area contributed by atoms with E-state index in [1.54, 1.807) is 60.0 Å². The number of aromatic nitrogens is 2. The Bertz CT molecular complexity index is 2560. The monoisotopic (exact) mass is 722 g/mol. The third-order valence-corrected chi connectivity index (χ3v) is 10.4. The number of nitrogens with two attached hydrogens (primary N) is 1. The molecule has 0 spiro atoms. The van der Waals surface area contributed by atoms with E-state index in [4.69, 9.17) is 27.1 Å². The lowest BCUT2D eigenvalue weighted by molar-refractivity contribution is 0.0951. The molecule has 0 radical (unpaired) electrons. The van der Waals surface area contributed by atoms with Gasteiger partial charge < -0.3 is 15.8 Å². The Morgan fingerprint density at radius 2 is 1.70 bits per heavy atom. The summed E-state index contributed by atoms with van der Waals surface area (Å²) >= 11 is 7.69. The summed E-state index contributed by atoms with van der Waals surface area (Å²) in [6.45, 7) is 0.700. The second-order valence-corrected chi connectivity index (χ2v) is 13.9. The minimum absolute atomic E-state index is 0.0888. The highest BCUT2D eigenvalue weighted by Gasteiger charge is 2.20. The average molecular weight is 723 g/mol. The molecule has 0 aliphatic rings. The number of fused-ring (bicyclic) bond motifs is 4. The molecular weight excluding hydrogens is 696 g/mol. The number of ether oxygens (including phenoxy) is 1. The van der Waals surface area contributed by atoms with Crippen LogP contribution in [0.2, 0.25) is 5.15 Å². The highest BCUT2D eigenvalue weighted by atomic mass is 35.5. The molecule has 7 aromatic rings. The molecule has 0 aliphatic heterocycles. The van der Waals surface area contributed by atoms with Crippen LogP contribution < -0.4 is 15.8 Å². The van der Waals surface area contributed by atoms with E-state index in [9.17, 15) is 17.8 Å². The maximum atomic E-state index is 12.5. The van der Waals surface area contributed by atoms with Crippen molar-refractivity contribution in [2.45, 2.75) is 11.3 Å². The molecule has 4 N–H and O–H groups in total. The molecule has 0 saturated heterocycles. The lowest BCUT2D eigenvalue weighted by Crippen LogP contribution is -2.26. The number of hydrogen-bond acceptors (Lipinski definition) is 10. The Morgan fingerprint density at radius 3 is 2.46 bits per heavy atom. The molecule has 0 fully saturated rings. The molecule has 0 atom stereocenters. The van der Waals surface area contributed by atoms with E-state index in [0.717, 1.165) is 25.7 Å². The Labute approximate surface area is 295 Å². The first kappa shape index (κ1) is 33.0. The maximum Gasteiger partial charge on any atom is 0.295 e. The van der Waals surface area contributed by atoms with Gasteiger partial charge in [-0.2, -0.15) is 8.42 Å². The molecule has 0 bridgehead atoms. The van der Waals surface area contributed by atoms with Gasteiger partial charge in [-0.3, -0.25) is 14.3 Å². The van der Waals surface area contributed by atoms with Crippen molar-refractivity contribution in [3.8, 4) is 17.0 Å². The quantitative estimate of drug-likeness (QED) is 0.0414. The minimum atomic E-state index is -4.55. The van der Waals surface area contributed by atoms with Crippen LogP contribution in [0.1, 0.15) is 16.8 Å². The van der Waals surface area contributed by atoms with Crippen LogP contribution in [-0.4, -0.2) is 42.0 Å². The van der Waals surface area contributed by atoms with Crippen LogP contribution in [0, 0.1) is 0 Å². The summed E-state index contributed by atoms with van der Waals surface area (Å²) in [7, 11) is -4.55. The number of nitrogens with one attached hydrogen (secondary N) is 1. The second-order valence-electron chi connectivity index (χ2n) is 11.1. The van der Waals surface area contributed by atoms with E-state index in [0.29, 0.717) is 47.7 Å². The molecule has 3 heterocycles. The zero-order valence-electron chi connectivity index (χ0n) is 26.1. The van der Waals surface area contributed by atoms with Gasteiger partial charge in [0.2, 0.25) is 0 Å². The van der Waals surface area contributed by atoms with E-state index in [2.05, 4.69) is 32.7 Å². The molecular formula is C36H27ClN6O5S2. The lowest BCUT2D eigenvalue weighted by atomic mass is 10.0. The van der Waals surface area contributed by atoms with Crippen molar-refractivity contribution < 1.29 is 22.5 Å². The van der Waals surface area contributed by atoms with E-state index in [1.165, 1.54) is 12.3 Å².